The highest BCUT2D eigenvalue weighted by atomic mass is 32.1. The van der Waals surface area contributed by atoms with Crippen LogP contribution in [0, 0.1) is 0 Å². The van der Waals surface area contributed by atoms with Crippen LogP contribution in [0.4, 0.5) is 0 Å². The second-order valence-corrected chi connectivity index (χ2v) is 4.57. The monoisotopic (exact) mass is 230 g/mol. The van der Waals surface area contributed by atoms with Crippen LogP contribution < -0.4 is 0 Å². The maximum absolute atomic E-state index is 12.0. The fraction of sp³-hybridized carbons (Fsp3) is 0.214. The Morgan fingerprint density at radius 3 is 2.44 bits per heavy atom. The molecule has 82 valence electrons. The van der Waals surface area contributed by atoms with E-state index < -0.39 is 0 Å². The molecule has 0 aliphatic rings. The standard InChI is InChI=1S/C14H14OS/c1-2-3-11-4-6-12(7-5-11)14(15)13-8-9-16-10-13/h4-10H,2-3H2,1H3. The quantitative estimate of drug-likeness (QED) is 0.727. The number of thiophene rings is 1. The van der Waals surface area contributed by atoms with Crippen LogP contribution in [0.25, 0.3) is 0 Å². The lowest BCUT2D eigenvalue weighted by Gasteiger charge is -2.01. The lowest BCUT2D eigenvalue weighted by atomic mass is 10.0. The normalized spacial score (nSPS) is 10.3. The molecule has 1 nitrogen and oxygen atoms in total. The molecule has 2 rings (SSSR count). The minimum atomic E-state index is 0.115. The Kier molecular flexibility index (Phi) is 3.52. The number of rotatable bonds is 4. The van der Waals surface area contributed by atoms with Crippen LogP contribution in [0.15, 0.2) is 41.1 Å². The molecular weight excluding hydrogens is 216 g/mol. The van der Waals surface area contributed by atoms with E-state index in [9.17, 15) is 4.79 Å². The molecule has 0 fully saturated rings. The van der Waals surface area contributed by atoms with E-state index in [1.54, 1.807) is 11.3 Å². The first-order chi connectivity index (χ1) is 7.81. The first-order valence-electron chi connectivity index (χ1n) is 5.47. The first kappa shape index (κ1) is 11.1. The van der Waals surface area contributed by atoms with Crippen LogP contribution in [0.3, 0.4) is 0 Å². The molecule has 0 unspecified atom stereocenters. The number of hydrogen-bond donors (Lipinski definition) is 0. The van der Waals surface area contributed by atoms with E-state index in [0.29, 0.717) is 0 Å². The molecule has 0 radical (unpaired) electrons. The zero-order chi connectivity index (χ0) is 11.4. The van der Waals surface area contributed by atoms with E-state index in [1.807, 2.05) is 41.1 Å². The SMILES string of the molecule is CCCc1ccc(C(=O)c2ccsc2)cc1. The molecule has 0 aliphatic carbocycles. The van der Waals surface area contributed by atoms with Crippen molar-refractivity contribution in [3.63, 3.8) is 0 Å². The van der Waals surface area contributed by atoms with Crippen molar-refractivity contribution >= 4 is 17.1 Å². The summed E-state index contributed by atoms with van der Waals surface area (Å²) < 4.78 is 0. The van der Waals surface area contributed by atoms with Crippen molar-refractivity contribution in [3.05, 3.63) is 57.8 Å². The largest absolute Gasteiger partial charge is 0.289 e. The fourth-order valence-electron chi connectivity index (χ4n) is 1.67. The number of carbonyl (C=O) groups excluding carboxylic acids is 1. The fourth-order valence-corrected chi connectivity index (χ4v) is 2.31. The molecule has 16 heavy (non-hydrogen) atoms. The molecule has 1 aromatic heterocycles. The van der Waals surface area contributed by atoms with Gasteiger partial charge in [0.2, 0.25) is 0 Å². The first-order valence-corrected chi connectivity index (χ1v) is 6.41. The molecule has 0 spiro atoms. The predicted molar refractivity (Wildman–Crippen MR) is 68.2 cm³/mol. The van der Waals surface area contributed by atoms with E-state index in [1.165, 1.54) is 5.56 Å². The Bertz CT molecular complexity index is 454. The summed E-state index contributed by atoms with van der Waals surface area (Å²) in [5.41, 5.74) is 2.86. The molecule has 0 bridgehead atoms. The van der Waals surface area contributed by atoms with Gasteiger partial charge in [0.25, 0.3) is 0 Å². The van der Waals surface area contributed by atoms with Gasteiger partial charge in [0.05, 0.1) is 0 Å². The van der Waals surface area contributed by atoms with Crippen molar-refractivity contribution in [1.82, 2.24) is 0 Å². The third kappa shape index (κ3) is 2.39. The van der Waals surface area contributed by atoms with Crippen molar-refractivity contribution in [1.29, 1.82) is 0 Å². The molecule has 1 heterocycles. The van der Waals surface area contributed by atoms with Crippen molar-refractivity contribution in [2.45, 2.75) is 19.8 Å². The minimum Gasteiger partial charge on any atom is -0.289 e. The molecule has 0 saturated heterocycles. The highest BCUT2D eigenvalue weighted by Gasteiger charge is 2.08. The molecule has 2 heteroatoms. The van der Waals surface area contributed by atoms with Crippen LogP contribution in [0.1, 0.15) is 34.8 Å². The number of benzene rings is 1. The Hall–Kier alpha value is -1.41. The van der Waals surface area contributed by atoms with Crippen molar-refractivity contribution < 1.29 is 4.79 Å². The van der Waals surface area contributed by atoms with E-state index >= 15 is 0 Å². The molecule has 0 N–H and O–H groups in total. The van der Waals surface area contributed by atoms with E-state index in [4.69, 9.17) is 0 Å². The lowest BCUT2D eigenvalue weighted by Crippen LogP contribution is -1.99. The Balaban J connectivity index is 2.19. The molecule has 1 aromatic carbocycles. The van der Waals surface area contributed by atoms with Gasteiger partial charge in [-0.25, -0.2) is 0 Å². The van der Waals surface area contributed by atoms with Gasteiger partial charge in [-0.2, -0.15) is 11.3 Å². The van der Waals surface area contributed by atoms with Crippen LogP contribution in [0.5, 0.6) is 0 Å². The Morgan fingerprint density at radius 2 is 1.88 bits per heavy atom. The summed E-state index contributed by atoms with van der Waals surface area (Å²) in [7, 11) is 0. The molecule has 2 aromatic rings. The third-order valence-electron chi connectivity index (χ3n) is 2.54. The summed E-state index contributed by atoms with van der Waals surface area (Å²) in [5.74, 6) is 0.115. The maximum atomic E-state index is 12.0. The van der Waals surface area contributed by atoms with Gasteiger partial charge in [-0.15, -0.1) is 0 Å². The molecular formula is C14H14OS. The summed E-state index contributed by atoms with van der Waals surface area (Å²) in [6.07, 6.45) is 2.21. The second-order valence-electron chi connectivity index (χ2n) is 3.79. The number of carbonyl (C=O) groups is 1. The van der Waals surface area contributed by atoms with Gasteiger partial charge in [0.1, 0.15) is 0 Å². The predicted octanol–water partition coefficient (Wildman–Crippen LogP) is 3.93. The number of aryl methyl sites for hydroxylation is 1. The summed E-state index contributed by atoms with van der Waals surface area (Å²) in [6, 6.07) is 9.80. The van der Waals surface area contributed by atoms with Crippen molar-refractivity contribution in [3.8, 4) is 0 Å². The second kappa shape index (κ2) is 5.08. The molecule has 0 saturated carbocycles. The van der Waals surface area contributed by atoms with Gasteiger partial charge in [0, 0.05) is 16.5 Å². The van der Waals surface area contributed by atoms with E-state index in [-0.39, 0.29) is 5.78 Å². The molecule has 0 amide bonds. The summed E-state index contributed by atoms with van der Waals surface area (Å²) in [5, 5.41) is 3.82. The zero-order valence-corrected chi connectivity index (χ0v) is 10.1. The van der Waals surface area contributed by atoms with Crippen molar-refractivity contribution in [2.75, 3.05) is 0 Å². The minimum absolute atomic E-state index is 0.115. The van der Waals surface area contributed by atoms with Crippen LogP contribution in [0.2, 0.25) is 0 Å². The van der Waals surface area contributed by atoms with Gasteiger partial charge in [-0.05, 0) is 23.4 Å². The Labute approximate surface area is 99.8 Å². The van der Waals surface area contributed by atoms with E-state index in [0.717, 1.165) is 24.0 Å². The van der Waals surface area contributed by atoms with Crippen LogP contribution >= 0.6 is 11.3 Å². The molecule has 0 atom stereocenters. The van der Waals surface area contributed by atoms with Gasteiger partial charge in [-0.3, -0.25) is 4.79 Å². The molecule has 0 aliphatic heterocycles. The van der Waals surface area contributed by atoms with Gasteiger partial charge in [0.15, 0.2) is 5.78 Å². The highest BCUT2D eigenvalue weighted by Crippen LogP contribution is 2.14. The van der Waals surface area contributed by atoms with Crippen LogP contribution in [-0.4, -0.2) is 5.78 Å². The average Bonchev–Trinajstić information content (AvgIpc) is 2.83. The Morgan fingerprint density at radius 1 is 1.12 bits per heavy atom. The average molecular weight is 230 g/mol. The highest BCUT2D eigenvalue weighted by molar-refractivity contribution is 7.08. The van der Waals surface area contributed by atoms with Crippen molar-refractivity contribution in [2.24, 2.45) is 0 Å². The topological polar surface area (TPSA) is 17.1 Å². The summed E-state index contributed by atoms with van der Waals surface area (Å²) in [6.45, 7) is 2.16. The lowest BCUT2D eigenvalue weighted by molar-refractivity contribution is 0.103. The van der Waals surface area contributed by atoms with Gasteiger partial charge >= 0.3 is 0 Å². The van der Waals surface area contributed by atoms with Gasteiger partial charge < -0.3 is 0 Å². The van der Waals surface area contributed by atoms with Gasteiger partial charge in [-0.1, -0.05) is 37.6 Å². The zero-order valence-electron chi connectivity index (χ0n) is 9.27. The maximum Gasteiger partial charge on any atom is 0.193 e. The number of hydrogen-bond acceptors (Lipinski definition) is 2. The van der Waals surface area contributed by atoms with E-state index in [2.05, 4.69) is 6.92 Å². The number of ketones is 1. The smallest absolute Gasteiger partial charge is 0.193 e. The summed E-state index contributed by atoms with van der Waals surface area (Å²) >= 11 is 1.55. The summed E-state index contributed by atoms with van der Waals surface area (Å²) in [4.78, 5) is 12.0. The van der Waals surface area contributed by atoms with Crippen LogP contribution in [-0.2, 0) is 6.42 Å². The third-order valence-corrected chi connectivity index (χ3v) is 3.22.